The van der Waals surface area contributed by atoms with Crippen molar-refractivity contribution in [2.75, 3.05) is 18.0 Å². The molecule has 0 spiro atoms. The van der Waals surface area contributed by atoms with Gasteiger partial charge in [-0.25, -0.2) is 0 Å². The maximum absolute atomic E-state index is 11.9. The summed E-state index contributed by atoms with van der Waals surface area (Å²) in [7, 11) is 0. The standard InChI is InChI=1S/C17H24N2O2/c1-3-15-11-19(12(2)20)16-10-13(6-7-17(16)21-15)9-14-5-4-8-18-14/h6-7,10,14-15,18H,3-5,8-9,11H2,1-2H3. The Morgan fingerprint density at radius 2 is 2.33 bits per heavy atom. The molecule has 114 valence electrons. The van der Waals surface area contributed by atoms with E-state index in [1.165, 1.54) is 18.4 Å². The van der Waals surface area contributed by atoms with E-state index in [9.17, 15) is 4.79 Å². The molecule has 3 rings (SSSR count). The Labute approximate surface area is 126 Å². The van der Waals surface area contributed by atoms with Gasteiger partial charge in [-0.3, -0.25) is 4.79 Å². The quantitative estimate of drug-likeness (QED) is 0.929. The SMILES string of the molecule is CCC1CN(C(C)=O)c2cc(CC3CCCN3)ccc2O1. The lowest BCUT2D eigenvalue weighted by molar-refractivity contribution is -0.117. The molecule has 0 aromatic heterocycles. The number of carbonyl (C=O) groups excluding carboxylic acids is 1. The lowest BCUT2D eigenvalue weighted by atomic mass is 10.0. The molecule has 0 bridgehead atoms. The van der Waals surface area contributed by atoms with Crippen molar-refractivity contribution in [2.45, 2.75) is 51.7 Å². The molecule has 1 aromatic carbocycles. The first-order chi connectivity index (χ1) is 10.2. The van der Waals surface area contributed by atoms with E-state index in [0.29, 0.717) is 12.6 Å². The minimum Gasteiger partial charge on any atom is -0.486 e. The lowest BCUT2D eigenvalue weighted by Crippen LogP contribution is -2.42. The molecule has 4 nitrogen and oxygen atoms in total. The first-order valence-electron chi connectivity index (χ1n) is 7.98. The van der Waals surface area contributed by atoms with Crippen molar-refractivity contribution in [3.05, 3.63) is 23.8 Å². The van der Waals surface area contributed by atoms with E-state index in [0.717, 1.165) is 30.8 Å². The number of carbonyl (C=O) groups is 1. The molecular weight excluding hydrogens is 264 g/mol. The van der Waals surface area contributed by atoms with Crippen molar-refractivity contribution in [1.29, 1.82) is 0 Å². The molecular formula is C17H24N2O2. The van der Waals surface area contributed by atoms with Gasteiger partial charge in [-0.05, 0) is 49.9 Å². The number of anilines is 1. The summed E-state index contributed by atoms with van der Waals surface area (Å²) < 4.78 is 5.98. The van der Waals surface area contributed by atoms with Gasteiger partial charge in [0.05, 0.1) is 12.2 Å². The summed E-state index contributed by atoms with van der Waals surface area (Å²) in [5, 5.41) is 3.52. The summed E-state index contributed by atoms with van der Waals surface area (Å²) in [6.45, 7) is 5.50. The number of ether oxygens (including phenoxy) is 1. The number of fused-ring (bicyclic) bond motifs is 1. The second kappa shape index (κ2) is 6.06. The molecule has 21 heavy (non-hydrogen) atoms. The van der Waals surface area contributed by atoms with Gasteiger partial charge in [-0.15, -0.1) is 0 Å². The van der Waals surface area contributed by atoms with E-state index in [4.69, 9.17) is 4.74 Å². The van der Waals surface area contributed by atoms with Crippen LogP contribution in [0.1, 0.15) is 38.7 Å². The first-order valence-corrected chi connectivity index (χ1v) is 7.98. The number of hydrogen-bond acceptors (Lipinski definition) is 3. The Hall–Kier alpha value is -1.55. The summed E-state index contributed by atoms with van der Waals surface area (Å²) in [6, 6.07) is 6.86. The zero-order valence-electron chi connectivity index (χ0n) is 12.9. The number of amides is 1. The predicted molar refractivity (Wildman–Crippen MR) is 83.9 cm³/mol. The maximum Gasteiger partial charge on any atom is 0.224 e. The van der Waals surface area contributed by atoms with Crippen molar-refractivity contribution in [1.82, 2.24) is 5.32 Å². The van der Waals surface area contributed by atoms with Gasteiger partial charge < -0.3 is 15.0 Å². The van der Waals surface area contributed by atoms with E-state index >= 15 is 0 Å². The zero-order valence-corrected chi connectivity index (χ0v) is 12.9. The molecule has 2 aliphatic rings. The van der Waals surface area contributed by atoms with Crippen LogP contribution in [0.4, 0.5) is 5.69 Å². The molecule has 2 heterocycles. The van der Waals surface area contributed by atoms with Gasteiger partial charge in [-0.1, -0.05) is 13.0 Å². The van der Waals surface area contributed by atoms with Gasteiger partial charge >= 0.3 is 0 Å². The zero-order chi connectivity index (χ0) is 14.8. The van der Waals surface area contributed by atoms with Crippen LogP contribution in [0.5, 0.6) is 5.75 Å². The third-order valence-corrected chi connectivity index (χ3v) is 4.47. The fourth-order valence-electron chi connectivity index (χ4n) is 3.25. The van der Waals surface area contributed by atoms with Gasteiger partial charge in [0.1, 0.15) is 11.9 Å². The van der Waals surface area contributed by atoms with Crippen molar-refractivity contribution in [2.24, 2.45) is 0 Å². The van der Waals surface area contributed by atoms with Gasteiger partial charge in [0.2, 0.25) is 5.91 Å². The van der Waals surface area contributed by atoms with Gasteiger partial charge in [-0.2, -0.15) is 0 Å². The van der Waals surface area contributed by atoms with Crippen LogP contribution in [0.25, 0.3) is 0 Å². The molecule has 2 aliphatic heterocycles. The summed E-state index contributed by atoms with van der Waals surface area (Å²) in [5.74, 6) is 0.931. The summed E-state index contributed by atoms with van der Waals surface area (Å²) in [6.07, 6.45) is 4.54. The van der Waals surface area contributed by atoms with Crippen molar-refractivity contribution in [3.63, 3.8) is 0 Å². The number of rotatable bonds is 3. The highest BCUT2D eigenvalue weighted by molar-refractivity contribution is 5.93. The van der Waals surface area contributed by atoms with Crippen molar-refractivity contribution in [3.8, 4) is 5.75 Å². The molecule has 1 saturated heterocycles. The summed E-state index contributed by atoms with van der Waals surface area (Å²) >= 11 is 0. The van der Waals surface area contributed by atoms with Gasteiger partial charge in [0.15, 0.2) is 0 Å². The molecule has 4 heteroatoms. The first kappa shape index (κ1) is 14.4. The van der Waals surface area contributed by atoms with Crippen LogP contribution in [0.2, 0.25) is 0 Å². The number of nitrogens with zero attached hydrogens (tertiary/aromatic N) is 1. The van der Waals surface area contributed by atoms with Crippen LogP contribution in [-0.2, 0) is 11.2 Å². The number of hydrogen-bond donors (Lipinski definition) is 1. The molecule has 1 aromatic rings. The Morgan fingerprint density at radius 3 is 3.00 bits per heavy atom. The predicted octanol–water partition coefficient (Wildman–Crippen LogP) is 2.50. The van der Waals surface area contributed by atoms with E-state index in [1.807, 2.05) is 11.0 Å². The maximum atomic E-state index is 11.9. The molecule has 1 amide bonds. The van der Waals surface area contributed by atoms with Crippen LogP contribution in [0.15, 0.2) is 18.2 Å². The summed E-state index contributed by atoms with van der Waals surface area (Å²) in [4.78, 5) is 13.8. The highest BCUT2D eigenvalue weighted by Gasteiger charge is 2.27. The second-order valence-corrected chi connectivity index (χ2v) is 6.08. The molecule has 2 unspecified atom stereocenters. The van der Waals surface area contributed by atoms with E-state index in [2.05, 4.69) is 24.4 Å². The second-order valence-electron chi connectivity index (χ2n) is 6.08. The van der Waals surface area contributed by atoms with Gasteiger partial charge in [0, 0.05) is 13.0 Å². The molecule has 1 fully saturated rings. The monoisotopic (exact) mass is 288 g/mol. The molecule has 0 aliphatic carbocycles. The van der Waals surface area contributed by atoms with Crippen LogP contribution in [-0.4, -0.2) is 31.1 Å². The van der Waals surface area contributed by atoms with Gasteiger partial charge in [0.25, 0.3) is 0 Å². The number of nitrogens with one attached hydrogen (secondary N) is 1. The van der Waals surface area contributed by atoms with Crippen LogP contribution in [0, 0.1) is 0 Å². The molecule has 0 saturated carbocycles. The highest BCUT2D eigenvalue weighted by atomic mass is 16.5. The lowest BCUT2D eigenvalue weighted by Gasteiger charge is -2.34. The van der Waals surface area contributed by atoms with Crippen LogP contribution in [0.3, 0.4) is 0 Å². The minimum absolute atomic E-state index is 0.0918. The largest absolute Gasteiger partial charge is 0.486 e. The Kier molecular flexibility index (Phi) is 4.15. The third-order valence-electron chi connectivity index (χ3n) is 4.47. The van der Waals surface area contributed by atoms with Crippen molar-refractivity contribution < 1.29 is 9.53 Å². The van der Waals surface area contributed by atoms with Crippen LogP contribution < -0.4 is 15.0 Å². The fourth-order valence-corrected chi connectivity index (χ4v) is 3.25. The summed E-state index contributed by atoms with van der Waals surface area (Å²) in [5.41, 5.74) is 2.21. The van der Waals surface area contributed by atoms with E-state index < -0.39 is 0 Å². The van der Waals surface area contributed by atoms with E-state index in [1.54, 1.807) is 6.92 Å². The number of benzene rings is 1. The average molecular weight is 288 g/mol. The highest BCUT2D eigenvalue weighted by Crippen LogP contribution is 2.35. The van der Waals surface area contributed by atoms with E-state index in [-0.39, 0.29) is 12.0 Å². The topological polar surface area (TPSA) is 41.6 Å². The Balaban J connectivity index is 1.85. The Bertz CT molecular complexity index is 524. The molecule has 1 N–H and O–H groups in total. The Morgan fingerprint density at radius 1 is 1.48 bits per heavy atom. The molecule has 2 atom stereocenters. The fraction of sp³-hybridized carbons (Fsp3) is 0.588. The smallest absolute Gasteiger partial charge is 0.224 e. The van der Waals surface area contributed by atoms with Crippen molar-refractivity contribution >= 4 is 11.6 Å². The third kappa shape index (κ3) is 3.05. The molecule has 0 radical (unpaired) electrons. The minimum atomic E-state index is 0.0918. The average Bonchev–Trinajstić information content (AvgIpc) is 2.98. The normalized spacial score (nSPS) is 24.6. The van der Waals surface area contributed by atoms with Crippen LogP contribution >= 0.6 is 0 Å².